The minimum atomic E-state index is -4.75. The maximum Gasteiger partial charge on any atom is 0.573 e. The van der Waals surface area contributed by atoms with Crippen molar-refractivity contribution in [3.63, 3.8) is 0 Å². The first kappa shape index (κ1) is 16.6. The Bertz CT molecular complexity index is 531. The third-order valence-corrected chi connectivity index (χ3v) is 3.53. The van der Waals surface area contributed by atoms with E-state index < -0.39 is 12.5 Å². The molecule has 0 heterocycles. The van der Waals surface area contributed by atoms with E-state index in [4.69, 9.17) is 5.11 Å². The molecular weight excluding hydrogens is 299 g/mol. The highest BCUT2D eigenvalue weighted by Crippen LogP contribution is 2.50. The van der Waals surface area contributed by atoms with Crippen molar-refractivity contribution in [2.45, 2.75) is 38.1 Å². The van der Waals surface area contributed by atoms with Crippen LogP contribution < -0.4 is 10.1 Å². The number of benzene rings is 1. The van der Waals surface area contributed by atoms with Crippen LogP contribution in [0.4, 0.5) is 13.2 Å². The highest BCUT2D eigenvalue weighted by molar-refractivity contribution is 5.83. The van der Waals surface area contributed by atoms with E-state index in [0.717, 1.165) is 0 Å². The SMILES string of the molecule is CC(O)CCNC(=O)C1CC1c1ccccc1OC(F)(F)F. The summed E-state index contributed by atoms with van der Waals surface area (Å²) in [6.45, 7) is 1.97. The van der Waals surface area contributed by atoms with Gasteiger partial charge in [0.15, 0.2) is 0 Å². The molecule has 1 aliphatic rings. The summed E-state index contributed by atoms with van der Waals surface area (Å²) in [6.07, 6.45) is -4.31. The lowest BCUT2D eigenvalue weighted by Crippen LogP contribution is -2.28. The summed E-state index contributed by atoms with van der Waals surface area (Å²) in [5.74, 6) is -1.05. The van der Waals surface area contributed by atoms with Crippen molar-refractivity contribution in [3.8, 4) is 5.75 Å². The van der Waals surface area contributed by atoms with E-state index in [1.54, 1.807) is 19.1 Å². The number of hydrogen-bond donors (Lipinski definition) is 2. The summed E-state index contributed by atoms with van der Waals surface area (Å²) in [7, 11) is 0. The zero-order chi connectivity index (χ0) is 16.3. The maximum absolute atomic E-state index is 12.4. The average molecular weight is 317 g/mol. The van der Waals surface area contributed by atoms with Gasteiger partial charge in [0.2, 0.25) is 5.91 Å². The van der Waals surface area contributed by atoms with Crippen LogP contribution in [0.3, 0.4) is 0 Å². The molecule has 1 amide bonds. The van der Waals surface area contributed by atoms with Crippen LogP contribution in [0.25, 0.3) is 0 Å². The lowest BCUT2D eigenvalue weighted by Gasteiger charge is -2.13. The van der Waals surface area contributed by atoms with Crippen molar-refractivity contribution >= 4 is 5.91 Å². The van der Waals surface area contributed by atoms with Gasteiger partial charge < -0.3 is 15.2 Å². The van der Waals surface area contributed by atoms with E-state index in [2.05, 4.69) is 10.1 Å². The fourth-order valence-corrected chi connectivity index (χ4v) is 2.37. The van der Waals surface area contributed by atoms with Crippen LogP contribution in [0, 0.1) is 5.92 Å². The molecule has 0 aromatic heterocycles. The summed E-state index contributed by atoms with van der Waals surface area (Å²) in [6, 6.07) is 5.89. The van der Waals surface area contributed by atoms with E-state index in [1.165, 1.54) is 12.1 Å². The molecule has 1 fully saturated rings. The number of rotatable bonds is 6. The van der Waals surface area contributed by atoms with Gasteiger partial charge in [0, 0.05) is 12.5 Å². The van der Waals surface area contributed by atoms with Crippen LogP contribution in [0.2, 0.25) is 0 Å². The van der Waals surface area contributed by atoms with Crippen molar-refractivity contribution < 1.29 is 27.8 Å². The second-order valence-electron chi connectivity index (χ2n) is 5.46. The number of ether oxygens (including phenoxy) is 1. The maximum atomic E-state index is 12.4. The molecule has 0 bridgehead atoms. The molecule has 0 radical (unpaired) electrons. The van der Waals surface area contributed by atoms with Gasteiger partial charge >= 0.3 is 6.36 Å². The minimum absolute atomic E-state index is 0.201. The number of aliphatic hydroxyl groups is 1. The summed E-state index contributed by atoms with van der Waals surface area (Å²) < 4.78 is 41.1. The third-order valence-electron chi connectivity index (χ3n) is 3.53. The number of halogens is 3. The van der Waals surface area contributed by atoms with Gasteiger partial charge in [0.25, 0.3) is 0 Å². The molecule has 0 saturated heterocycles. The topological polar surface area (TPSA) is 58.6 Å². The summed E-state index contributed by atoms with van der Waals surface area (Å²) in [5, 5.41) is 11.8. The van der Waals surface area contributed by atoms with Crippen LogP contribution in [-0.4, -0.2) is 30.0 Å². The molecule has 7 heteroatoms. The third kappa shape index (κ3) is 4.62. The Kier molecular flexibility index (Phi) is 4.95. The Morgan fingerprint density at radius 3 is 2.77 bits per heavy atom. The molecule has 3 atom stereocenters. The number of alkyl halides is 3. The van der Waals surface area contributed by atoms with E-state index in [-0.39, 0.29) is 23.5 Å². The van der Waals surface area contributed by atoms with Crippen molar-refractivity contribution in [1.82, 2.24) is 5.32 Å². The number of hydrogen-bond acceptors (Lipinski definition) is 3. The molecule has 1 aliphatic carbocycles. The molecule has 1 aromatic carbocycles. The van der Waals surface area contributed by atoms with Crippen LogP contribution in [0.1, 0.15) is 31.2 Å². The molecule has 0 spiro atoms. The van der Waals surface area contributed by atoms with Crippen molar-refractivity contribution in [1.29, 1.82) is 0 Å². The fraction of sp³-hybridized carbons (Fsp3) is 0.533. The number of para-hydroxylation sites is 1. The van der Waals surface area contributed by atoms with Crippen molar-refractivity contribution in [2.24, 2.45) is 5.92 Å². The van der Waals surface area contributed by atoms with E-state index >= 15 is 0 Å². The standard InChI is InChI=1S/C15H18F3NO3/c1-9(20)6-7-19-14(21)12-8-11(12)10-4-2-3-5-13(10)22-15(16,17)18/h2-5,9,11-12,20H,6-8H2,1H3,(H,19,21). The smallest absolute Gasteiger partial charge is 0.405 e. The van der Waals surface area contributed by atoms with Gasteiger partial charge in [-0.05, 0) is 37.3 Å². The lowest BCUT2D eigenvalue weighted by atomic mass is 10.1. The molecule has 3 unspecified atom stereocenters. The van der Waals surface area contributed by atoms with Crippen molar-refractivity contribution in [3.05, 3.63) is 29.8 Å². The Hall–Kier alpha value is -1.76. The second kappa shape index (κ2) is 6.56. The summed E-state index contributed by atoms with van der Waals surface area (Å²) in [5.41, 5.74) is 0.399. The molecule has 1 saturated carbocycles. The number of nitrogens with one attached hydrogen (secondary N) is 1. The molecular formula is C15H18F3NO3. The zero-order valence-corrected chi connectivity index (χ0v) is 12.1. The van der Waals surface area contributed by atoms with Gasteiger partial charge in [-0.2, -0.15) is 0 Å². The van der Waals surface area contributed by atoms with Gasteiger partial charge in [0.05, 0.1) is 6.10 Å². The fourth-order valence-electron chi connectivity index (χ4n) is 2.37. The molecule has 4 nitrogen and oxygen atoms in total. The summed E-state index contributed by atoms with van der Waals surface area (Å²) in [4.78, 5) is 11.9. The first-order valence-corrected chi connectivity index (χ1v) is 7.08. The highest BCUT2D eigenvalue weighted by Gasteiger charge is 2.46. The first-order valence-electron chi connectivity index (χ1n) is 7.08. The summed E-state index contributed by atoms with van der Waals surface area (Å²) >= 11 is 0. The molecule has 2 N–H and O–H groups in total. The second-order valence-corrected chi connectivity index (χ2v) is 5.46. The predicted octanol–water partition coefficient (Wildman–Crippen LogP) is 2.58. The Labute approximate surface area is 126 Å². The van der Waals surface area contributed by atoms with Gasteiger partial charge in [-0.25, -0.2) is 0 Å². The molecule has 122 valence electrons. The quantitative estimate of drug-likeness (QED) is 0.848. The monoisotopic (exact) mass is 317 g/mol. The number of aliphatic hydroxyl groups excluding tert-OH is 1. The van der Waals surface area contributed by atoms with E-state index in [1.807, 2.05) is 0 Å². The molecule has 0 aliphatic heterocycles. The van der Waals surface area contributed by atoms with Crippen LogP contribution >= 0.6 is 0 Å². The molecule has 1 aromatic rings. The highest BCUT2D eigenvalue weighted by atomic mass is 19.4. The van der Waals surface area contributed by atoms with Gasteiger partial charge in [-0.15, -0.1) is 13.2 Å². The Balaban J connectivity index is 1.96. The normalized spacial score (nSPS) is 22.0. The van der Waals surface area contributed by atoms with Crippen LogP contribution in [0.15, 0.2) is 24.3 Å². The lowest BCUT2D eigenvalue weighted by molar-refractivity contribution is -0.274. The zero-order valence-electron chi connectivity index (χ0n) is 12.1. The number of amides is 1. The average Bonchev–Trinajstić information content (AvgIpc) is 3.17. The molecule has 22 heavy (non-hydrogen) atoms. The van der Waals surface area contributed by atoms with Gasteiger partial charge in [0.1, 0.15) is 5.75 Å². The molecule has 2 rings (SSSR count). The largest absolute Gasteiger partial charge is 0.573 e. The van der Waals surface area contributed by atoms with Gasteiger partial charge in [-0.3, -0.25) is 4.79 Å². The minimum Gasteiger partial charge on any atom is -0.405 e. The number of carbonyl (C=O) groups excluding carboxylic acids is 1. The van der Waals surface area contributed by atoms with Crippen LogP contribution in [0.5, 0.6) is 5.75 Å². The number of carbonyl (C=O) groups is 1. The Morgan fingerprint density at radius 1 is 1.45 bits per heavy atom. The first-order chi connectivity index (χ1) is 10.3. The van der Waals surface area contributed by atoms with Gasteiger partial charge in [-0.1, -0.05) is 18.2 Å². The van der Waals surface area contributed by atoms with E-state index in [9.17, 15) is 18.0 Å². The Morgan fingerprint density at radius 2 is 2.14 bits per heavy atom. The van der Waals surface area contributed by atoms with Crippen LogP contribution in [-0.2, 0) is 4.79 Å². The predicted molar refractivity (Wildman–Crippen MR) is 73.3 cm³/mol. The van der Waals surface area contributed by atoms with E-state index in [0.29, 0.717) is 24.9 Å². The van der Waals surface area contributed by atoms with Crippen molar-refractivity contribution in [2.75, 3.05) is 6.54 Å².